The van der Waals surface area contributed by atoms with Crippen molar-refractivity contribution in [3.05, 3.63) is 77.8 Å². The van der Waals surface area contributed by atoms with Gasteiger partial charge in [0, 0.05) is 18.1 Å². The summed E-state index contributed by atoms with van der Waals surface area (Å²) >= 11 is 5.84. The van der Waals surface area contributed by atoms with E-state index in [1.54, 1.807) is 36.4 Å². The van der Waals surface area contributed by atoms with Crippen LogP contribution in [0.4, 0.5) is 0 Å². The number of hydrogen-bond acceptors (Lipinski definition) is 5. The van der Waals surface area contributed by atoms with Crippen molar-refractivity contribution in [2.24, 2.45) is 0 Å². The second-order valence-electron chi connectivity index (χ2n) is 7.02. The molecule has 1 heterocycles. The van der Waals surface area contributed by atoms with Crippen molar-refractivity contribution in [3.63, 3.8) is 0 Å². The van der Waals surface area contributed by atoms with Gasteiger partial charge in [-0.15, -0.1) is 0 Å². The Morgan fingerprint density at radius 1 is 0.645 bits per heavy atom. The van der Waals surface area contributed by atoms with Gasteiger partial charge in [0.05, 0.1) is 27.9 Å². The SMILES string of the molecule is O=S(=O)(c1ccc(Cl)cc1)c1ccc(-c2ccc(S(=O)(=O)N3CCOCC3)cc2)cc1. The lowest BCUT2D eigenvalue weighted by molar-refractivity contribution is 0.0730. The zero-order chi connectivity index (χ0) is 22.1. The molecule has 0 spiro atoms. The molecule has 0 saturated carbocycles. The summed E-state index contributed by atoms with van der Waals surface area (Å²) in [6.07, 6.45) is 0. The zero-order valence-electron chi connectivity index (χ0n) is 16.4. The minimum atomic E-state index is -3.65. The Morgan fingerprint density at radius 3 is 1.55 bits per heavy atom. The Morgan fingerprint density at radius 2 is 1.06 bits per heavy atom. The largest absolute Gasteiger partial charge is 0.379 e. The first kappa shape index (κ1) is 22.0. The lowest BCUT2D eigenvalue weighted by atomic mass is 10.1. The molecule has 0 radical (unpaired) electrons. The Kier molecular flexibility index (Phi) is 6.18. The molecule has 4 rings (SSSR count). The second kappa shape index (κ2) is 8.72. The van der Waals surface area contributed by atoms with Gasteiger partial charge >= 0.3 is 0 Å². The molecule has 0 N–H and O–H groups in total. The van der Waals surface area contributed by atoms with Gasteiger partial charge in [0.2, 0.25) is 19.9 Å². The second-order valence-corrected chi connectivity index (χ2v) is 11.3. The van der Waals surface area contributed by atoms with E-state index in [0.29, 0.717) is 31.3 Å². The summed E-state index contributed by atoms with van der Waals surface area (Å²) < 4.78 is 57.7. The van der Waals surface area contributed by atoms with Gasteiger partial charge in [-0.3, -0.25) is 0 Å². The van der Waals surface area contributed by atoms with Crippen LogP contribution < -0.4 is 0 Å². The molecular weight excluding hydrogens is 458 g/mol. The first-order valence-electron chi connectivity index (χ1n) is 9.57. The molecule has 0 unspecified atom stereocenters. The molecule has 1 saturated heterocycles. The van der Waals surface area contributed by atoms with Crippen LogP contribution in [0.15, 0.2) is 87.5 Å². The van der Waals surface area contributed by atoms with Crippen LogP contribution in [0.25, 0.3) is 11.1 Å². The highest BCUT2D eigenvalue weighted by Crippen LogP contribution is 2.27. The minimum Gasteiger partial charge on any atom is -0.379 e. The van der Waals surface area contributed by atoms with Gasteiger partial charge in [0.15, 0.2) is 0 Å². The Balaban J connectivity index is 1.56. The van der Waals surface area contributed by atoms with Crippen LogP contribution in [0, 0.1) is 0 Å². The Labute approximate surface area is 187 Å². The molecule has 0 aromatic heterocycles. The van der Waals surface area contributed by atoms with Gasteiger partial charge < -0.3 is 4.74 Å². The number of halogens is 1. The summed E-state index contributed by atoms with van der Waals surface area (Å²) in [5, 5.41) is 0.466. The summed E-state index contributed by atoms with van der Waals surface area (Å²) in [6.45, 7) is 1.46. The first-order chi connectivity index (χ1) is 14.8. The van der Waals surface area contributed by atoms with Crippen molar-refractivity contribution >= 4 is 31.5 Å². The van der Waals surface area contributed by atoms with E-state index in [1.165, 1.54) is 40.7 Å². The summed E-state index contributed by atoms with van der Waals surface area (Å²) in [5.74, 6) is 0. The van der Waals surface area contributed by atoms with Gasteiger partial charge in [-0.2, -0.15) is 4.31 Å². The van der Waals surface area contributed by atoms with Gasteiger partial charge in [-0.05, 0) is 59.7 Å². The van der Waals surface area contributed by atoms with E-state index in [4.69, 9.17) is 16.3 Å². The lowest BCUT2D eigenvalue weighted by Crippen LogP contribution is -2.40. The molecule has 162 valence electrons. The lowest BCUT2D eigenvalue weighted by Gasteiger charge is -2.26. The third-order valence-electron chi connectivity index (χ3n) is 5.08. The molecule has 1 aliphatic heterocycles. The van der Waals surface area contributed by atoms with Crippen LogP contribution in [-0.2, 0) is 24.6 Å². The zero-order valence-corrected chi connectivity index (χ0v) is 18.8. The van der Waals surface area contributed by atoms with Crippen LogP contribution in [0.2, 0.25) is 5.02 Å². The van der Waals surface area contributed by atoms with Crippen molar-refractivity contribution in [1.82, 2.24) is 4.31 Å². The van der Waals surface area contributed by atoms with E-state index in [0.717, 1.165) is 11.1 Å². The Hall–Kier alpha value is -2.23. The topological polar surface area (TPSA) is 80.8 Å². The maximum absolute atomic E-state index is 12.8. The average Bonchev–Trinajstić information content (AvgIpc) is 2.80. The van der Waals surface area contributed by atoms with Crippen molar-refractivity contribution in [2.75, 3.05) is 26.3 Å². The molecule has 9 heteroatoms. The van der Waals surface area contributed by atoms with Crippen molar-refractivity contribution in [2.45, 2.75) is 14.7 Å². The van der Waals surface area contributed by atoms with Gasteiger partial charge in [-0.1, -0.05) is 35.9 Å². The van der Waals surface area contributed by atoms with Gasteiger partial charge in [0.1, 0.15) is 0 Å². The van der Waals surface area contributed by atoms with E-state index >= 15 is 0 Å². The molecule has 0 atom stereocenters. The van der Waals surface area contributed by atoms with Crippen LogP contribution in [0.5, 0.6) is 0 Å². The highest BCUT2D eigenvalue weighted by molar-refractivity contribution is 7.91. The molecule has 0 aliphatic carbocycles. The van der Waals surface area contributed by atoms with Gasteiger partial charge in [0.25, 0.3) is 0 Å². The average molecular weight is 478 g/mol. The molecular formula is C22H20ClNO5S2. The third kappa shape index (κ3) is 4.53. The summed E-state index contributed by atoms with van der Waals surface area (Å²) in [4.78, 5) is 0.562. The van der Waals surface area contributed by atoms with Crippen LogP contribution in [0.1, 0.15) is 0 Å². The van der Waals surface area contributed by atoms with Crippen molar-refractivity contribution < 1.29 is 21.6 Å². The van der Waals surface area contributed by atoms with Crippen LogP contribution in [-0.4, -0.2) is 47.4 Å². The standard InChI is InChI=1S/C22H20ClNO5S2/c23-19-5-11-21(12-6-19)30(25,26)20-7-1-17(2-8-20)18-3-9-22(10-4-18)31(27,28)24-13-15-29-16-14-24/h1-12H,13-16H2. The predicted molar refractivity (Wildman–Crippen MR) is 118 cm³/mol. The van der Waals surface area contributed by atoms with E-state index in [9.17, 15) is 16.8 Å². The number of sulfone groups is 1. The highest BCUT2D eigenvalue weighted by Gasteiger charge is 2.26. The molecule has 0 bridgehead atoms. The number of rotatable bonds is 5. The predicted octanol–water partition coefficient (Wildman–Crippen LogP) is 3.86. The highest BCUT2D eigenvalue weighted by atomic mass is 35.5. The monoisotopic (exact) mass is 477 g/mol. The van der Waals surface area contributed by atoms with Crippen molar-refractivity contribution in [3.8, 4) is 11.1 Å². The van der Waals surface area contributed by atoms with Crippen LogP contribution in [0.3, 0.4) is 0 Å². The van der Waals surface area contributed by atoms with E-state index in [-0.39, 0.29) is 14.7 Å². The fraction of sp³-hybridized carbons (Fsp3) is 0.182. The molecule has 1 aliphatic rings. The molecule has 3 aromatic carbocycles. The summed E-state index contributed by atoms with van der Waals surface area (Å²) in [7, 11) is -7.20. The van der Waals surface area contributed by atoms with E-state index < -0.39 is 19.9 Å². The molecule has 1 fully saturated rings. The number of nitrogens with zero attached hydrogens (tertiary/aromatic N) is 1. The maximum Gasteiger partial charge on any atom is 0.243 e. The smallest absolute Gasteiger partial charge is 0.243 e. The molecule has 31 heavy (non-hydrogen) atoms. The number of ether oxygens (including phenoxy) is 1. The number of benzene rings is 3. The molecule has 6 nitrogen and oxygen atoms in total. The van der Waals surface area contributed by atoms with E-state index in [2.05, 4.69) is 0 Å². The number of morpholine rings is 1. The minimum absolute atomic E-state index is 0.169. The third-order valence-corrected chi connectivity index (χ3v) is 9.03. The summed E-state index contributed by atoms with van der Waals surface area (Å²) in [6, 6.07) is 19.1. The summed E-state index contributed by atoms with van der Waals surface area (Å²) in [5.41, 5.74) is 1.57. The fourth-order valence-corrected chi connectivity index (χ4v) is 6.13. The normalized spacial score (nSPS) is 15.6. The maximum atomic E-state index is 12.8. The molecule has 0 amide bonds. The quantitative estimate of drug-likeness (QED) is 0.557. The number of sulfonamides is 1. The van der Waals surface area contributed by atoms with Crippen LogP contribution >= 0.6 is 11.6 Å². The van der Waals surface area contributed by atoms with Gasteiger partial charge in [-0.25, -0.2) is 16.8 Å². The number of hydrogen-bond donors (Lipinski definition) is 0. The molecule has 3 aromatic rings. The first-order valence-corrected chi connectivity index (χ1v) is 12.9. The Bertz CT molecular complexity index is 1270. The van der Waals surface area contributed by atoms with Crippen molar-refractivity contribution in [1.29, 1.82) is 0 Å². The fourth-order valence-electron chi connectivity index (χ4n) is 3.33. The van der Waals surface area contributed by atoms with E-state index in [1.807, 2.05) is 0 Å².